The number of urea groups is 1. The fraction of sp³-hybridized carbons (Fsp3) is 0.786. The smallest absolute Gasteiger partial charge is 0.329 e. The number of hydrogen-bond donors (Lipinski definition) is 2. The Morgan fingerprint density at radius 1 is 1.29 bits per heavy atom. The molecule has 2 N–H and O–H groups in total. The van der Waals surface area contributed by atoms with Gasteiger partial charge in [0.2, 0.25) is 0 Å². The molecule has 0 aromatic heterocycles. The van der Waals surface area contributed by atoms with E-state index in [4.69, 9.17) is 0 Å². The number of amides is 2. The van der Waals surface area contributed by atoms with Gasteiger partial charge < -0.3 is 20.1 Å². The van der Waals surface area contributed by atoms with Gasteiger partial charge in [-0.3, -0.25) is 0 Å². The summed E-state index contributed by atoms with van der Waals surface area (Å²) < 4.78 is 4.67. The fourth-order valence-electron chi connectivity index (χ4n) is 1.96. The van der Waals surface area contributed by atoms with Crippen molar-refractivity contribution in [3.05, 3.63) is 0 Å². The lowest BCUT2D eigenvalue weighted by Gasteiger charge is -2.35. The SMILES string of the molecule is CCN(C(=O)NC(CC(C)C)C(=O)OC)C(C)(C)C(=O)O. The molecule has 0 saturated carbocycles. The van der Waals surface area contributed by atoms with Gasteiger partial charge in [-0.15, -0.1) is 0 Å². The van der Waals surface area contributed by atoms with Gasteiger partial charge in [0.1, 0.15) is 11.6 Å². The van der Waals surface area contributed by atoms with Crippen LogP contribution in [-0.2, 0) is 14.3 Å². The standard InChI is InChI=1S/C14H26N2O5/c1-7-16(14(4,5)12(18)19)13(20)15-10(8-9(2)3)11(17)21-6/h9-10H,7-8H2,1-6H3,(H,15,20)(H,18,19). The van der Waals surface area contributed by atoms with Crippen LogP contribution in [-0.4, -0.2) is 53.2 Å². The summed E-state index contributed by atoms with van der Waals surface area (Å²) in [6, 6.07) is -1.39. The summed E-state index contributed by atoms with van der Waals surface area (Å²) in [5.41, 5.74) is -1.36. The van der Waals surface area contributed by atoms with Crippen LogP contribution in [0.5, 0.6) is 0 Å². The highest BCUT2D eigenvalue weighted by Crippen LogP contribution is 2.15. The first-order chi connectivity index (χ1) is 9.57. The Labute approximate surface area is 125 Å². The van der Waals surface area contributed by atoms with Crippen molar-refractivity contribution in [3.8, 4) is 0 Å². The molecule has 0 aliphatic heterocycles. The van der Waals surface area contributed by atoms with Gasteiger partial charge in [-0.05, 0) is 33.1 Å². The molecular weight excluding hydrogens is 276 g/mol. The fourth-order valence-corrected chi connectivity index (χ4v) is 1.96. The van der Waals surface area contributed by atoms with E-state index in [0.717, 1.165) is 0 Å². The Hall–Kier alpha value is -1.79. The third-order valence-electron chi connectivity index (χ3n) is 3.25. The topological polar surface area (TPSA) is 95.9 Å². The van der Waals surface area contributed by atoms with E-state index < -0.39 is 29.6 Å². The average Bonchev–Trinajstić information content (AvgIpc) is 2.36. The van der Waals surface area contributed by atoms with Crippen molar-refractivity contribution in [1.29, 1.82) is 0 Å². The van der Waals surface area contributed by atoms with Crippen LogP contribution in [0.3, 0.4) is 0 Å². The molecule has 21 heavy (non-hydrogen) atoms. The molecule has 1 atom stereocenters. The zero-order chi connectivity index (χ0) is 16.8. The number of carboxylic acid groups (broad SMARTS) is 1. The van der Waals surface area contributed by atoms with Crippen LogP contribution < -0.4 is 5.32 Å². The molecule has 0 aromatic rings. The summed E-state index contributed by atoms with van der Waals surface area (Å²) >= 11 is 0. The maximum atomic E-state index is 12.3. The van der Waals surface area contributed by atoms with Gasteiger partial charge in [0.05, 0.1) is 7.11 Å². The summed E-state index contributed by atoms with van der Waals surface area (Å²) in [5.74, 6) is -1.48. The molecule has 7 nitrogen and oxygen atoms in total. The molecule has 2 amide bonds. The van der Waals surface area contributed by atoms with E-state index in [9.17, 15) is 19.5 Å². The first-order valence-corrected chi connectivity index (χ1v) is 6.97. The highest BCUT2D eigenvalue weighted by atomic mass is 16.5. The van der Waals surface area contributed by atoms with Crippen LogP contribution in [0.2, 0.25) is 0 Å². The number of carboxylic acids is 1. The number of methoxy groups -OCH3 is 1. The lowest BCUT2D eigenvalue weighted by molar-refractivity contribution is -0.147. The van der Waals surface area contributed by atoms with E-state index in [1.54, 1.807) is 6.92 Å². The molecule has 0 aromatic carbocycles. The Morgan fingerprint density at radius 2 is 1.81 bits per heavy atom. The van der Waals surface area contributed by atoms with Crippen molar-refractivity contribution in [2.45, 2.75) is 52.6 Å². The van der Waals surface area contributed by atoms with Crippen molar-refractivity contribution >= 4 is 18.0 Å². The van der Waals surface area contributed by atoms with Crippen LogP contribution in [0.15, 0.2) is 0 Å². The predicted molar refractivity (Wildman–Crippen MR) is 77.9 cm³/mol. The molecule has 0 aliphatic rings. The van der Waals surface area contributed by atoms with E-state index in [1.807, 2.05) is 13.8 Å². The second kappa shape index (κ2) is 7.85. The summed E-state index contributed by atoms with van der Waals surface area (Å²) in [6.45, 7) is 8.60. The van der Waals surface area contributed by atoms with Gasteiger partial charge in [0.25, 0.3) is 0 Å². The highest BCUT2D eigenvalue weighted by molar-refractivity contribution is 5.88. The number of nitrogens with one attached hydrogen (secondary N) is 1. The molecule has 0 aliphatic carbocycles. The number of carbonyl (C=O) groups is 3. The van der Waals surface area contributed by atoms with Crippen LogP contribution in [0, 0.1) is 5.92 Å². The van der Waals surface area contributed by atoms with E-state index in [-0.39, 0.29) is 12.5 Å². The quantitative estimate of drug-likeness (QED) is 0.694. The number of aliphatic carboxylic acids is 1. The van der Waals surface area contributed by atoms with E-state index in [0.29, 0.717) is 6.42 Å². The molecule has 0 heterocycles. The Bertz CT molecular complexity index is 393. The number of likely N-dealkylation sites (N-methyl/N-ethyl adjacent to an activating group) is 1. The third kappa shape index (κ3) is 5.24. The third-order valence-corrected chi connectivity index (χ3v) is 3.25. The Kier molecular flexibility index (Phi) is 7.18. The predicted octanol–water partition coefficient (Wildman–Crippen LogP) is 1.47. The van der Waals surface area contributed by atoms with Crippen molar-refractivity contribution in [2.24, 2.45) is 5.92 Å². The van der Waals surface area contributed by atoms with Crippen molar-refractivity contribution in [2.75, 3.05) is 13.7 Å². The molecule has 0 rings (SSSR count). The second-order valence-electron chi connectivity index (χ2n) is 5.76. The molecule has 0 saturated heterocycles. The van der Waals surface area contributed by atoms with E-state index >= 15 is 0 Å². The number of rotatable bonds is 7. The van der Waals surface area contributed by atoms with Gasteiger partial charge >= 0.3 is 18.0 Å². The summed E-state index contributed by atoms with van der Waals surface area (Å²) in [7, 11) is 1.25. The van der Waals surface area contributed by atoms with Crippen molar-refractivity contribution < 1.29 is 24.2 Å². The molecule has 122 valence electrons. The van der Waals surface area contributed by atoms with E-state index in [1.165, 1.54) is 25.9 Å². The molecule has 0 bridgehead atoms. The van der Waals surface area contributed by atoms with Crippen molar-refractivity contribution in [3.63, 3.8) is 0 Å². The number of nitrogens with zero attached hydrogens (tertiary/aromatic N) is 1. The van der Waals surface area contributed by atoms with Gasteiger partial charge in [-0.1, -0.05) is 13.8 Å². The maximum absolute atomic E-state index is 12.3. The lowest BCUT2D eigenvalue weighted by atomic mass is 10.0. The molecule has 0 radical (unpaired) electrons. The largest absolute Gasteiger partial charge is 0.480 e. The Balaban J connectivity index is 5.11. The monoisotopic (exact) mass is 302 g/mol. The van der Waals surface area contributed by atoms with Gasteiger partial charge in [-0.2, -0.15) is 0 Å². The first-order valence-electron chi connectivity index (χ1n) is 6.97. The van der Waals surface area contributed by atoms with Crippen LogP contribution >= 0.6 is 0 Å². The zero-order valence-electron chi connectivity index (χ0n) is 13.6. The summed E-state index contributed by atoms with van der Waals surface area (Å²) in [6.07, 6.45) is 0.420. The number of ether oxygens (including phenoxy) is 1. The normalized spacial score (nSPS) is 12.7. The van der Waals surface area contributed by atoms with Crippen LogP contribution in [0.4, 0.5) is 4.79 Å². The van der Waals surface area contributed by atoms with Gasteiger partial charge in [-0.25, -0.2) is 14.4 Å². The Morgan fingerprint density at radius 3 is 2.14 bits per heavy atom. The van der Waals surface area contributed by atoms with Crippen LogP contribution in [0.25, 0.3) is 0 Å². The van der Waals surface area contributed by atoms with Crippen LogP contribution in [0.1, 0.15) is 41.0 Å². The maximum Gasteiger partial charge on any atom is 0.329 e. The first kappa shape index (κ1) is 19.2. The van der Waals surface area contributed by atoms with Gasteiger partial charge in [0.15, 0.2) is 0 Å². The average molecular weight is 302 g/mol. The number of esters is 1. The minimum atomic E-state index is -1.36. The lowest BCUT2D eigenvalue weighted by Crippen LogP contribution is -2.58. The molecular formula is C14H26N2O5. The second-order valence-corrected chi connectivity index (χ2v) is 5.76. The molecule has 1 unspecified atom stereocenters. The van der Waals surface area contributed by atoms with Crippen molar-refractivity contribution in [1.82, 2.24) is 10.2 Å². The molecule has 0 fully saturated rings. The highest BCUT2D eigenvalue weighted by Gasteiger charge is 2.38. The number of carbonyl (C=O) groups excluding carboxylic acids is 2. The van der Waals surface area contributed by atoms with Gasteiger partial charge in [0, 0.05) is 6.54 Å². The molecule has 0 spiro atoms. The number of hydrogen-bond acceptors (Lipinski definition) is 4. The minimum Gasteiger partial charge on any atom is -0.480 e. The minimum absolute atomic E-state index is 0.178. The summed E-state index contributed by atoms with van der Waals surface area (Å²) in [4.78, 5) is 36.4. The summed E-state index contributed by atoms with van der Waals surface area (Å²) in [5, 5.41) is 11.8. The van der Waals surface area contributed by atoms with E-state index in [2.05, 4.69) is 10.1 Å². The molecule has 7 heteroatoms. The zero-order valence-corrected chi connectivity index (χ0v) is 13.6.